The fraction of sp³-hybridized carbons (Fsp3) is 0.529. The number of ether oxygens (including phenoxy) is 2. The van der Waals surface area contributed by atoms with Crippen molar-refractivity contribution in [1.82, 2.24) is 15.2 Å². The second kappa shape index (κ2) is 4.98. The van der Waals surface area contributed by atoms with E-state index in [9.17, 15) is 4.79 Å². The Labute approximate surface area is 148 Å². The number of fused-ring (bicyclic) bond motifs is 4. The molecule has 0 spiro atoms. The highest BCUT2D eigenvalue weighted by Gasteiger charge is 2.46. The third kappa shape index (κ3) is 2.07. The number of urea groups is 1. The molecule has 8 heteroatoms. The van der Waals surface area contributed by atoms with Gasteiger partial charge in [-0.2, -0.15) is 0 Å². The third-order valence-electron chi connectivity index (χ3n) is 5.62. The summed E-state index contributed by atoms with van der Waals surface area (Å²) in [6.07, 6.45) is 3.60. The van der Waals surface area contributed by atoms with E-state index in [0.717, 1.165) is 46.6 Å². The van der Waals surface area contributed by atoms with Crippen LogP contribution in [0.3, 0.4) is 0 Å². The van der Waals surface area contributed by atoms with E-state index in [1.165, 1.54) is 12.8 Å². The highest BCUT2D eigenvalue weighted by molar-refractivity contribution is 7.22. The molecule has 1 saturated carbocycles. The molecule has 4 aliphatic rings. The lowest BCUT2D eigenvalue weighted by Crippen LogP contribution is -2.51. The smallest absolute Gasteiger partial charge is 0.324 e. The van der Waals surface area contributed by atoms with Gasteiger partial charge in [0.15, 0.2) is 16.6 Å². The van der Waals surface area contributed by atoms with Crippen molar-refractivity contribution in [1.29, 1.82) is 0 Å². The molecule has 3 aliphatic heterocycles. The van der Waals surface area contributed by atoms with Gasteiger partial charge in [0.05, 0.1) is 16.8 Å². The van der Waals surface area contributed by atoms with Crippen molar-refractivity contribution >= 4 is 32.7 Å². The van der Waals surface area contributed by atoms with Crippen molar-refractivity contribution in [3.63, 3.8) is 0 Å². The maximum absolute atomic E-state index is 12.7. The van der Waals surface area contributed by atoms with E-state index in [4.69, 9.17) is 14.5 Å². The van der Waals surface area contributed by atoms with Crippen molar-refractivity contribution < 1.29 is 14.3 Å². The minimum absolute atomic E-state index is 0.0273. The van der Waals surface area contributed by atoms with Crippen LogP contribution < -0.4 is 19.7 Å². The van der Waals surface area contributed by atoms with Crippen molar-refractivity contribution in [2.45, 2.75) is 37.4 Å². The van der Waals surface area contributed by atoms with Gasteiger partial charge in [-0.3, -0.25) is 9.80 Å². The summed E-state index contributed by atoms with van der Waals surface area (Å²) in [6.45, 7) is 2.25. The summed E-state index contributed by atoms with van der Waals surface area (Å²) in [7, 11) is 0. The Hall–Kier alpha value is -2.06. The number of piperidine rings is 1. The summed E-state index contributed by atoms with van der Waals surface area (Å²) < 4.78 is 12.0. The van der Waals surface area contributed by atoms with Crippen molar-refractivity contribution in [2.75, 3.05) is 24.8 Å². The minimum atomic E-state index is -0.0273. The minimum Gasteiger partial charge on any atom is -0.454 e. The van der Waals surface area contributed by atoms with Gasteiger partial charge in [-0.25, -0.2) is 9.78 Å². The van der Waals surface area contributed by atoms with Crippen molar-refractivity contribution in [3.8, 4) is 11.5 Å². The quantitative estimate of drug-likeness (QED) is 0.891. The van der Waals surface area contributed by atoms with Crippen LogP contribution in [0.1, 0.15) is 19.3 Å². The molecule has 2 saturated heterocycles. The predicted octanol–water partition coefficient (Wildman–Crippen LogP) is 2.16. The molecule has 6 rings (SSSR count). The van der Waals surface area contributed by atoms with Gasteiger partial charge in [0.2, 0.25) is 6.79 Å². The first-order valence-corrected chi connectivity index (χ1v) is 9.62. The number of carbonyl (C=O) groups is 1. The van der Waals surface area contributed by atoms with Gasteiger partial charge in [0.25, 0.3) is 0 Å². The fourth-order valence-electron chi connectivity index (χ4n) is 4.24. The van der Waals surface area contributed by atoms with Crippen LogP contribution in [-0.4, -0.2) is 53.9 Å². The average molecular weight is 358 g/mol. The summed E-state index contributed by atoms with van der Waals surface area (Å²) in [5, 5.41) is 3.92. The van der Waals surface area contributed by atoms with E-state index in [2.05, 4.69) is 10.2 Å². The standard InChI is InChI=1S/C17H18N4O3S/c22-16-18-10-7-20(9-1-2-9)6-5-11(10)21(16)17-19-14-13(25-17)4-3-12-15(14)24-8-23-12/h3-4,9-11H,1-2,5-8H2,(H,18,22)/t10-,11+/m0/s1. The Morgan fingerprint density at radius 1 is 1.24 bits per heavy atom. The first kappa shape index (κ1) is 14.1. The lowest BCUT2D eigenvalue weighted by atomic mass is 10.00. The van der Waals surface area contributed by atoms with E-state index in [1.807, 2.05) is 17.0 Å². The zero-order chi connectivity index (χ0) is 16.5. The Morgan fingerprint density at radius 3 is 3.04 bits per heavy atom. The first-order valence-electron chi connectivity index (χ1n) is 8.81. The second-order valence-electron chi connectivity index (χ2n) is 7.15. The van der Waals surface area contributed by atoms with Crippen LogP contribution in [0.5, 0.6) is 11.5 Å². The molecule has 4 heterocycles. The van der Waals surface area contributed by atoms with Crippen LogP contribution >= 0.6 is 11.3 Å². The summed E-state index contributed by atoms with van der Waals surface area (Å²) >= 11 is 1.54. The number of amides is 2. The van der Waals surface area contributed by atoms with Crippen LogP contribution in [0.4, 0.5) is 9.93 Å². The number of aromatic nitrogens is 1. The molecule has 0 unspecified atom stereocenters. The number of benzene rings is 1. The zero-order valence-electron chi connectivity index (χ0n) is 13.6. The monoisotopic (exact) mass is 358 g/mol. The van der Waals surface area contributed by atoms with E-state index in [1.54, 1.807) is 11.3 Å². The summed E-state index contributed by atoms with van der Waals surface area (Å²) in [4.78, 5) is 21.8. The Balaban J connectivity index is 1.35. The molecule has 1 aliphatic carbocycles. The molecule has 0 radical (unpaired) electrons. The summed E-state index contributed by atoms with van der Waals surface area (Å²) in [5.74, 6) is 1.42. The molecule has 3 fully saturated rings. The second-order valence-corrected chi connectivity index (χ2v) is 8.16. The fourth-order valence-corrected chi connectivity index (χ4v) is 5.26. The largest absolute Gasteiger partial charge is 0.454 e. The number of hydrogen-bond acceptors (Lipinski definition) is 6. The number of rotatable bonds is 2. The maximum atomic E-state index is 12.7. The topological polar surface area (TPSA) is 66.9 Å². The number of carbonyl (C=O) groups excluding carboxylic acids is 1. The molecule has 25 heavy (non-hydrogen) atoms. The Kier molecular flexibility index (Phi) is 2.82. The first-order chi connectivity index (χ1) is 12.3. The molecular weight excluding hydrogens is 340 g/mol. The van der Waals surface area contributed by atoms with Crippen LogP contribution in [0, 0.1) is 0 Å². The van der Waals surface area contributed by atoms with Gasteiger partial charge < -0.3 is 14.8 Å². The van der Waals surface area contributed by atoms with E-state index in [-0.39, 0.29) is 24.9 Å². The average Bonchev–Trinajstić information content (AvgIpc) is 3.05. The van der Waals surface area contributed by atoms with Crippen molar-refractivity contribution in [3.05, 3.63) is 12.1 Å². The lowest BCUT2D eigenvalue weighted by molar-refractivity contribution is 0.174. The van der Waals surface area contributed by atoms with Gasteiger partial charge in [0.1, 0.15) is 5.52 Å². The van der Waals surface area contributed by atoms with Gasteiger partial charge in [0, 0.05) is 19.1 Å². The maximum Gasteiger partial charge on any atom is 0.324 e. The molecule has 2 aromatic rings. The molecular formula is C17H18N4O3S. The van der Waals surface area contributed by atoms with E-state index < -0.39 is 0 Å². The van der Waals surface area contributed by atoms with Crippen LogP contribution in [-0.2, 0) is 0 Å². The number of nitrogens with one attached hydrogen (secondary N) is 1. The SMILES string of the molecule is O=C1N[C@H]2CN(C3CC3)CC[C@H]2N1c1nc2c3c(ccc2s1)OCO3. The van der Waals surface area contributed by atoms with Crippen LogP contribution in [0.15, 0.2) is 12.1 Å². The van der Waals surface area contributed by atoms with Gasteiger partial charge in [-0.15, -0.1) is 0 Å². The molecule has 7 nitrogen and oxygen atoms in total. The number of hydrogen-bond donors (Lipinski definition) is 1. The van der Waals surface area contributed by atoms with Crippen molar-refractivity contribution in [2.24, 2.45) is 0 Å². The van der Waals surface area contributed by atoms with E-state index >= 15 is 0 Å². The summed E-state index contributed by atoms with van der Waals surface area (Å²) in [5.41, 5.74) is 0.793. The van der Waals surface area contributed by atoms with Crippen LogP contribution in [0.25, 0.3) is 10.2 Å². The summed E-state index contributed by atoms with van der Waals surface area (Å²) in [6, 6.07) is 5.00. The molecule has 130 valence electrons. The van der Waals surface area contributed by atoms with Gasteiger partial charge >= 0.3 is 6.03 Å². The molecule has 2 atom stereocenters. The lowest BCUT2D eigenvalue weighted by Gasteiger charge is -2.36. The number of nitrogens with zero attached hydrogens (tertiary/aromatic N) is 3. The number of likely N-dealkylation sites (tertiary alicyclic amines) is 1. The molecule has 1 aromatic heterocycles. The predicted molar refractivity (Wildman–Crippen MR) is 93.5 cm³/mol. The number of thiazole rings is 1. The Morgan fingerprint density at radius 2 is 2.16 bits per heavy atom. The Bertz CT molecular complexity index is 880. The normalized spacial score (nSPS) is 28.5. The highest BCUT2D eigenvalue weighted by atomic mass is 32.1. The zero-order valence-corrected chi connectivity index (χ0v) is 14.4. The van der Waals surface area contributed by atoms with E-state index in [0.29, 0.717) is 5.75 Å². The molecule has 1 N–H and O–H groups in total. The third-order valence-corrected chi connectivity index (χ3v) is 6.64. The van der Waals surface area contributed by atoms with Crippen LogP contribution in [0.2, 0.25) is 0 Å². The molecule has 0 bridgehead atoms. The highest BCUT2D eigenvalue weighted by Crippen LogP contribution is 2.44. The number of anilines is 1. The van der Waals surface area contributed by atoms with Gasteiger partial charge in [-0.1, -0.05) is 11.3 Å². The molecule has 1 aromatic carbocycles. The molecule has 2 amide bonds. The van der Waals surface area contributed by atoms with Gasteiger partial charge in [-0.05, 0) is 31.4 Å².